The number of hydrogen-bond acceptors (Lipinski definition) is 5. The molecule has 7 nitrogen and oxygen atoms in total. The molecular weight excluding hydrogens is 415 g/mol. The Hall–Kier alpha value is -2.82. The van der Waals surface area contributed by atoms with Crippen LogP contribution in [0.15, 0.2) is 40.9 Å². The molecule has 0 aromatic heterocycles. The zero-order valence-electron chi connectivity index (χ0n) is 11.9. The minimum atomic E-state index is -5.00. The van der Waals surface area contributed by atoms with Gasteiger partial charge in [0, 0.05) is 16.6 Å². The molecule has 0 aliphatic heterocycles. The van der Waals surface area contributed by atoms with Gasteiger partial charge in [0.25, 0.3) is 0 Å². The van der Waals surface area contributed by atoms with Gasteiger partial charge in [0.05, 0.1) is 4.92 Å². The molecule has 11 heteroatoms. The molecule has 132 valence electrons. The second-order valence-corrected chi connectivity index (χ2v) is 5.40. The van der Waals surface area contributed by atoms with Gasteiger partial charge in [0.1, 0.15) is 17.1 Å². The number of benzene rings is 2. The van der Waals surface area contributed by atoms with Crippen molar-refractivity contribution >= 4 is 27.6 Å². The fourth-order valence-electron chi connectivity index (χ4n) is 1.80. The highest BCUT2D eigenvalue weighted by Crippen LogP contribution is 2.37. The lowest BCUT2D eigenvalue weighted by molar-refractivity contribution is -0.385. The van der Waals surface area contributed by atoms with Crippen LogP contribution in [0.5, 0.6) is 17.2 Å². The summed E-state index contributed by atoms with van der Waals surface area (Å²) in [4.78, 5) is 21.4. The van der Waals surface area contributed by atoms with Crippen LogP contribution in [-0.4, -0.2) is 22.4 Å². The lowest BCUT2D eigenvalue weighted by Gasteiger charge is -2.12. The Morgan fingerprint density at radius 1 is 1.16 bits per heavy atom. The number of nitro benzene ring substituents is 1. The Balaban J connectivity index is 2.49. The molecule has 0 heterocycles. The normalized spacial score (nSPS) is 11.0. The largest absolute Gasteiger partial charge is 0.573 e. The van der Waals surface area contributed by atoms with Crippen LogP contribution in [0.1, 0.15) is 10.4 Å². The number of nitrogens with zero attached hydrogens (tertiary/aromatic N) is 1. The minimum Gasteiger partial charge on any atom is -0.478 e. The summed E-state index contributed by atoms with van der Waals surface area (Å²) in [5, 5.41) is 20.2. The van der Waals surface area contributed by atoms with Crippen LogP contribution in [0.25, 0.3) is 0 Å². The fourth-order valence-corrected chi connectivity index (χ4v) is 2.16. The van der Waals surface area contributed by atoms with Crippen LogP contribution in [0.4, 0.5) is 18.9 Å². The summed E-state index contributed by atoms with van der Waals surface area (Å²) in [6, 6.07) is 5.95. The first-order chi connectivity index (χ1) is 11.6. The van der Waals surface area contributed by atoms with E-state index in [4.69, 9.17) is 9.84 Å². The van der Waals surface area contributed by atoms with E-state index in [2.05, 4.69) is 20.7 Å². The summed E-state index contributed by atoms with van der Waals surface area (Å²) in [5.74, 6) is -3.02. The molecule has 0 bridgehead atoms. The molecule has 2 aromatic rings. The third-order valence-corrected chi connectivity index (χ3v) is 3.25. The number of alkyl halides is 3. The SMILES string of the molecule is O=C(O)c1cc(Br)ccc1Oc1cc(OC(F)(F)F)ccc1[N+](=O)[O-]. The summed E-state index contributed by atoms with van der Waals surface area (Å²) < 4.78 is 46.2. The fraction of sp³-hybridized carbons (Fsp3) is 0.0714. The van der Waals surface area contributed by atoms with Gasteiger partial charge in [0.15, 0.2) is 0 Å². The molecule has 0 saturated carbocycles. The van der Waals surface area contributed by atoms with Gasteiger partial charge in [-0.15, -0.1) is 13.2 Å². The van der Waals surface area contributed by atoms with Crippen LogP contribution in [0.3, 0.4) is 0 Å². The summed E-state index contributed by atoms with van der Waals surface area (Å²) >= 11 is 3.06. The van der Waals surface area contributed by atoms with Gasteiger partial charge in [-0.1, -0.05) is 15.9 Å². The van der Waals surface area contributed by atoms with Crippen LogP contribution < -0.4 is 9.47 Å². The Morgan fingerprint density at radius 2 is 1.84 bits per heavy atom. The maximum Gasteiger partial charge on any atom is 0.573 e. The predicted octanol–water partition coefficient (Wildman–Crippen LogP) is 4.75. The smallest absolute Gasteiger partial charge is 0.478 e. The van der Waals surface area contributed by atoms with Gasteiger partial charge in [-0.3, -0.25) is 10.1 Å². The molecule has 0 spiro atoms. The van der Waals surface area contributed by atoms with Crippen molar-refractivity contribution in [2.45, 2.75) is 6.36 Å². The summed E-state index contributed by atoms with van der Waals surface area (Å²) in [5.41, 5.74) is -1.00. The molecule has 0 fully saturated rings. The Morgan fingerprint density at radius 3 is 2.40 bits per heavy atom. The molecule has 0 radical (unpaired) electrons. The van der Waals surface area contributed by atoms with Crippen LogP contribution >= 0.6 is 15.9 Å². The molecule has 2 rings (SSSR count). The lowest BCUT2D eigenvalue weighted by Crippen LogP contribution is -2.17. The average molecular weight is 422 g/mol. The van der Waals surface area contributed by atoms with Gasteiger partial charge in [0.2, 0.25) is 5.75 Å². The van der Waals surface area contributed by atoms with E-state index < -0.39 is 34.4 Å². The zero-order chi connectivity index (χ0) is 18.8. The van der Waals surface area contributed by atoms with Crippen molar-refractivity contribution < 1.29 is 37.5 Å². The third-order valence-electron chi connectivity index (χ3n) is 2.75. The van der Waals surface area contributed by atoms with Gasteiger partial charge in [-0.2, -0.15) is 0 Å². The van der Waals surface area contributed by atoms with E-state index in [0.29, 0.717) is 10.5 Å². The van der Waals surface area contributed by atoms with Crippen molar-refractivity contribution in [1.29, 1.82) is 0 Å². The van der Waals surface area contributed by atoms with E-state index in [0.717, 1.165) is 12.1 Å². The number of halogens is 4. The first kappa shape index (κ1) is 18.5. The summed E-state index contributed by atoms with van der Waals surface area (Å²) in [7, 11) is 0. The molecule has 0 atom stereocenters. The number of rotatable bonds is 5. The molecule has 1 N–H and O–H groups in total. The van der Waals surface area contributed by atoms with Crippen molar-refractivity contribution in [3.05, 3.63) is 56.5 Å². The van der Waals surface area contributed by atoms with E-state index >= 15 is 0 Å². The molecule has 0 unspecified atom stereocenters. The highest BCUT2D eigenvalue weighted by atomic mass is 79.9. The molecule has 2 aromatic carbocycles. The maximum absolute atomic E-state index is 12.3. The van der Waals surface area contributed by atoms with E-state index in [-0.39, 0.29) is 11.3 Å². The number of carbonyl (C=O) groups is 1. The summed E-state index contributed by atoms with van der Waals surface area (Å²) in [6.07, 6.45) is -5.00. The van der Waals surface area contributed by atoms with Gasteiger partial charge in [-0.25, -0.2) is 4.79 Å². The van der Waals surface area contributed by atoms with Crippen LogP contribution in [-0.2, 0) is 0 Å². The van der Waals surface area contributed by atoms with Crippen molar-refractivity contribution in [3.63, 3.8) is 0 Å². The minimum absolute atomic E-state index is 0.289. The molecule has 25 heavy (non-hydrogen) atoms. The van der Waals surface area contributed by atoms with Gasteiger partial charge >= 0.3 is 18.0 Å². The molecule has 0 amide bonds. The Kier molecular flexibility index (Phi) is 5.16. The monoisotopic (exact) mass is 421 g/mol. The number of carboxylic acids is 1. The van der Waals surface area contributed by atoms with E-state index in [1.54, 1.807) is 0 Å². The topological polar surface area (TPSA) is 98.9 Å². The second-order valence-electron chi connectivity index (χ2n) is 4.48. The highest BCUT2D eigenvalue weighted by molar-refractivity contribution is 9.10. The van der Waals surface area contributed by atoms with Crippen molar-refractivity contribution in [2.24, 2.45) is 0 Å². The van der Waals surface area contributed by atoms with E-state index in [1.165, 1.54) is 18.2 Å². The van der Waals surface area contributed by atoms with Gasteiger partial charge in [-0.05, 0) is 24.3 Å². The Labute approximate surface area is 145 Å². The van der Waals surface area contributed by atoms with Crippen molar-refractivity contribution in [3.8, 4) is 17.2 Å². The van der Waals surface area contributed by atoms with E-state index in [9.17, 15) is 28.1 Å². The van der Waals surface area contributed by atoms with Gasteiger partial charge < -0.3 is 14.6 Å². The predicted molar refractivity (Wildman–Crippen MR) is 81.0 cm³/mol. The number of nitro groups is 1. The number of carboxylic acid groups (broad SMARTS) is 1. The average Bonchev–Trinajstić information content (AvgIpc) is 2.47. The number of hydrogen-bond donors (Lipinski definition) is 1. The third kappa shape index (κ3) is 4.83. The molecular formula is C14H7BrF3NO6. The number of ether oxygens (including phenoxy) is 2. The second kappa shape index (κ2) is 6.97. The van der Waals surface area contributed by atoms with Crippen molar-refractivity contribution in [1.82, 2.24) is 0 Å². The molecule has 0 aliphatic rings. The number of aromatic carboxylic acids is 1. The molecule has 0 saturated heterocycles. The Bertz CT molecular complexity index is 840. The van der Waals surface area contributed by atoms with Crippen molar-refractivity contribution in [2.75, 3.05) is 0 Å². The van der Waals surface area contributed by atoms with Crippen LogP contribution in [0, 0.1) is 10.1 Å². The lowest BCUT2D eigenvalue weighted by atomic mass is 10.2. The van der Waals surface area contributed by atoms with Crippen LogP contribution in [0.2, 0.25) is 0 Å². The maximum atomic E-state index is 12.3. The highest BCUT2D eigenvalue weighted by Gasteiger charge is 2.32. The van der Waals surface area contributed by atoms with E-state index in [1.807, 2.05) is 0 Å². The first-order valence-electron chi connectivity index (χ1n) is 6.31. The summed E-state index contributed by atoms with van der Waals surface area (Å²) in [6.45, 7) is 0. The zero-order valence-corrected chi connectivity index (χ0v) is 13.5. The first-order valence-corrected chi connectivity index (χ1v) is 7.11. The molecule has 0 aliphatic carbocycles. The standard InChI is InChI=1S/C14H7BrF3NO6/c15-7-1-4-11(9(5-7)13(20)21)24-12-6-8(25-14(16,17)18)2-3-10(12)19(22)23/h1-6H,(H,20,21). The quantitative estimate of drug-likeness (QED) is 0.552.